The van der Waals surface area contributed by atoms with E-state index in [2.05, 4.69) is 35.6 Å². The van der Waals surface area contributed by atoms with Crippen LogP contribution < -0.4 is 0 Å². The van der Waals surface area contributed by atoms with Crippen molar-refractivity contribution in [2.75, 3.05) is 18.8 Å². The van der Waals surface area contributed by atoms with Crippen LogP contribution in [0.5, 0.6) is 0 Å². The maximum Gasteiger partial charge on any atom is 0.233 e. The van der Waals surface area contributed by atoms with Gasteiger partial charge in [0.25, 0.3) is 0 Å². The maximum absolute atomic E-state index is 13.2. The molecule has 8 nitrogen and oxygen atoms in total. The van der Waals surface area contributed by atoms with Crippen LogP contribution in [-0.2, 0) is 27.5 Å². The minimum Gasteiger partial charge on any atom is -0.340 e. The average Bonchev–Trinajstić information content (AvgIpc) is 3.69. The number of imide groups is 1. The Morgan fingerprint density at radius 3 is 2.47 bits per heavy atom. The van der Waals surface area contributed by atoms with Gasteiger partial charge in [0.05, 0.1) is 28.6 Å². The van der Waals surface area contributed by atoms with Gasteiger partial charge in [-0.05, 0) is 91.1 Å². The number of carbonyl (C=O) groups is 3. The van der Waals surface area contributed by atoms with Gasteiger partial charge in [-0.25, -0.2) is 4.98 Å². The summed E-state index contributed by atoms with van der Waals surface area (Å²) in [6, 6.07) is 14.3. The number of aryl methyl sites for hydroxylation is 1. The molecule has 3 fully saturated rings. The molecule has 1 aromatic carbocycles. The summed E-state index contributed by atoms with van der Waals surface area (Å²) in [5.74, 6) is 0.653. The van der Waals surface area contributed by atoms with E-state index < -0.39 is 0 Å². The van der Waals surface area contributed by atoms with Crippen LogP contribution in [0, 0.1) is 18.8 Å². The number of piperazine rings is 1. The first-order valence-electron chi connectivity index (χ1n) is 15.9. The fraction of sp³-hybridized carbons (Fsp3) is 0.400. The molecule has 2 saturated heterocycles. The average molecular weight is 706 g/mol. The number of benzene rings is 1. The molecule has 0 N–H and O–H groups in total. The van der Waals surface area contributed by atoms with Crippen LogP contribution in [-0.4, -0.2) is 73.3 Å². The number of hydrogen-bond donors (Lipinski definition) is 0. The number of rotatable bonds is 10. The van der Waals surface area contributed by atoms with Crippen molar-refractivity contribution >= 4 is 72.5 Å². The number of fused-ring (bicyclic) bond motifs is 2. The highest BCUT2D eigenvalue weighted by Gasteiger charge is 2.58. The Balaban J connectivity index is 1.06. The molecule has 244 valence electrons. The van der Waals surface area contributed by atoms with Crippen LogP contribution in [0.3, 0.4) is 0 Å². The Morgan fingerprint density at radius 2 is 1.74 bits per heavy atom. The lowest BCUT2D eigenvalue weighted by atomic mass is 9.94. The van der Waals surface area contributed by atoms with Gasteiger partial charge in [-0.15, -0.1) is 11.3 Å². The van der Waals surface area contributed by atoms with E-state index in [1.807, 2.05) is 53.6 Å². The molecule has 3 aromatic heterocycles. The Kier molecular flexibility index (Phi) is 9.36. The Labute approximate surface area is 291 Å². The summed E-state index contributed by atoms with van der Waals surface area (Å²) < 4.78 is 1.02. The van der Waals surface area contributed by atoms with E-state index in [-0.39, 0.29) is 41.6 Å². The molecule has 2 aliphatic heterocycles. The van der Waals surface area contributed by atoms with E-state index in [0.717, 1.165) is 49.1 Å². The molecule has 47 heavy (non-hydrogen) atoms. The van der Waals surface area contributed by atoms with Crippen molar-refractivity contribution in [1.82, 2.24) is 24.7 Å². The van der Waals surface area contributed by atoms with E-state index in [1.54, 1.807) is 39.1 Å². The summed E-state index contributed by atoms with van der Waals surface area (Å²) in [5.41, 5.74) is 5.26. The summed E-state index contributed by atoms with van der Waals surface area (Å²) in [7, 11) is 3.28. The van der Waals surface area contributed by atoms with Crippen LogP contribution >= 0.6 is 44.5 Å². The third-order valence-corrected chi connectivity index (χ3v) is 13.1. The molecule has 0 radical (unpaired) electrons. The maximum atomic E-state index is 13.2. The predicted octanol–water partition coefficient (Wildman–Crippen LogP) is 7.08. The van der Waals surface area contributed by atoms with Crippen LogP contribution in [0.1, 0.15) is 42.7 Å². The van der Waals surface area contributed by atoms with Crippen LogP contribution in [0.25, 0.3) is 21.3 Å². The van der Waals surface area contributed by atoms with Crippen molar-refractivity contribution in [3.05, 3.63) is 75.9 Å². The molecule has 7 rings (SSSR count). The van der Waals surface area contributed by atoms with Crippen molar-refractivity contribution < 1.29 is 14.4 Å². The minimum absolute atomic E-state index is 0.0399. The fourth-order valence-electron chi connectivity index (χ4n) is 6.90. The molecule has 4 aromatic rings. The van der Waals surface area contributed by atoms with E-state index in [0.29, 0.717) is 37.5 Å². The first-order chi connectivity index (χ1) is 22.7. The lowest BCUT2D eigenvalue weighted by Crippen LogP contribution is -2.57. The van der Waals surface area contributed by atoms with E-state index in [1.165, 1.54) is 10.5 Å². The monoisotopic (exact) mass is 705 g/mol. The zero-order valence-corrected chi connectivity index (χ0v) is 29.7. The number of likely N-dealkylation sites (tertiary alicyclic amines) is 1. The van der Waals surface area contributed by atoms with Gasteiger partial charge in [-0.3, -0.25) is 29.2 Å². The summed E-state index contributed by atoms with van der Waals surface area (Å²) in [4.78, 5) is 54.3. The number of aromatic nitrogens is 2. The molecule has 5 heterocycles. The smallest absolute Gasteiger partial charge is 0.233 e. The van der Waals surface area contributed by atoms with Crippen LogP contribution in [0.4, 0.5) is 0 Å². The van der Waals surface area contributed by atoms with Gasteiger partial charge in [-0.1, -0.05) is 28.5 Å². The van der Waals surface area contributed by atoms with Gasteiger partial charge in [-0.2, -0.15) is 0 Å². The fourth-order valence-corrected chi connectivity index (χ4v) is 10.2. The second-order valence-electron chi connectivity index (χ2n) is 12.7. The summed E-state index contributed by atoms with van der Waals surface area (Å²) in [6.45, 7) is 8.91. The van der Waals surface area contributed by atoms with Gasteiger partial charge < -0.3 is 4.90 Å². The third kappa shape index (κ3) is 6.70. The summed E-state index contributed by atoms with van der Waals surface area (Å²) in [6.07, 6.45) is 4.81. The molecule has 0 spiro atoms. The molecule has 2 unspecified atom stereocenters. The number of carbonyl (C=O) groups excluding carboxylic acids is 3. The molecule has 4 atom stereocenters. The highest BCUT2D eigenvalue weighted by Crippen LogP contribution is 2.48. The largest absolute Gasteiger partial charge is 0.340 e. The third-order valence-electron chi connectivity index (χ3n) is 9.44. The van der Waals surface area contributed by atoms with Crippen LogP contribution in [0.15, 0.2) is 59.9 Å². The predicted molar refractivity (Wildman–Crippen MR) is 190 cm³/mol. The number of amides is 3. The van der Waals surface area contributed by atoms with E-state index >= 15 is 0 Å². The van der Waals surface area contributed by atoms with Gasteiger partial charge in [0.1, 0.15) is 5.03 Å². The molecule has 1 saturated carbocycles. The molecule has 0 bridgehead atoms. The Bertz CT molecular complexity index is 1820. The van der Waals surface area contributed by atoms with Crippen molar-refractivity contribution in [3.63, 3.8) is 0 Å². The minimum atomic E-state index is -0.104. The lowest BCUT2D eigenvalue weighted by Gasteiger charge is -2.45. The van der Waals surface area contributed by atoms with Crippen molar-refractivity contribution in [2.45, 2.75) is 63.8 Å². The first kappa shape index (κ1) is 32.6. The molecule has 1 aliphatic carbocycles. The normalized spacial score (nSPS) is 22.7. The second-order valence-corrected chi connectivity index (χ2v) is 16.7. The highest BCUT2D eigenvalue weighted by molar-refractivity contribution is 8.76. The Hall–Kier alpha value is -2.96. The summed E-state index contributed by atoms with van der Waals surface area (Å²) >= 11 is 8.26. The number of nitrogens with zero attached hydrogens (tertiary/aromatic N) is 5. The number of hydrogen-bond acceptors (Lipinski definition) is 9. The number of thiophene rings is 1. The molecule has 3 amide bonds. The van der Waals surface area contributed by atoms with Crippen molar-refractivity contribution in [3.8, 4) is 11.1 Å². The number of pyridine rings is 2. The molecule has 3 aliphatic rings. The van der Waals surface area contributed by atoms with E-state index in [9.17, 15) is 14.4 Å². The Morgan fingerprint density at radius 1 is 0.979 bits per heavy atom. The SMILES string of the molecule is Cc1cc(Cl)cc(-c2ccnc3cc(CN4C(=O)C5CC5C4=O)sc23)c1CN1[C@@H](C)CN(C(=O)CCSSc2ccccn2)C[C@@H]1C. The molecule has 12 heteroatoms. The summed E-state index contributed by atoms with van der Waals surface area (Å²) in [5, 5.41) is 1.63. The van der Waals surface area contributed by atoms with Gasteiger partial charge >= 0.3 is 0 Å². The zero-order chi connectivity index (χ0) is 32.8. The first-order valence-corrected chi connectivity index (χ1v) is 19.4. The van der Waals surface area contributed by atoms with Gasteiger partial charge in [0, 0.05) is 71.7 Å². The van der Waals surface area contributed by atoms with Crippen LogP contribution in [0.2, 0.25) is 5.02 Å². The topological polar surface area (TPSA) is 86.7 Å². The molecular weight excluding hydrogens is 670 g/mol. The van der Waals surface area contributed by atoms with Crippen molar-refractivity contribution in [2.24, 2.45) is 11.8 Å². The number of piperidine rings is 1. The van der Waals surface area contributed by atoms with Gasteiger partial charge in [0.15, 0.2) is 0 Å². The zero-order valence-electron chi connectivity index (χ0n) is 26.5. The standard InChI is InChI=1S/C35H36ClN5O3S3/c1-20-12-23(36)13-26(25-7-10-37-30-14-24(46-33(25)30)18-41-34(43)27-15-28(27)35(41)44)29(20)19-40-21(2)16-39(17-22(40)3)32(42)8-11-45-47-31-6-4-5-9-38-31/h4-7,9-10,12-14,21-22,27-28H,8,11,15-19H2,1-3H3/t21-,22-,27?,28?/m0/s1. The van der Waals surface area contributed by atoms with Gasteiger partial charge in [0.2, 0.25) is 17.7 Å². The second kappa shape index (κ2) is 13.5. The molecular formula is C35H36ClN5O3S3. The quantitative estimate of drug-likeness (QED) is 0.0984. The van der Waals surface area contributed by atoms with Crippen molar-refractivity contribution in [1.29, 1.82) is 0 Å². The van der Waals surface area contributed by atoms with E-state index in [4.69, 9.17) is 11.6 Å². The lowest BCUT2D eigenvalue weighted by molar-refractivity contribution is -0.142. The highest BCUT2D eigenvalue weighted by atomic mass is 35.5. The number of halogens is 1.